The van der Waals surface area contributed by atoms with E-state index in [1.54, 1.807) is 6.07 Å². The zero-order valence-electron chi connectivity index (χ0n) is 11.0. The second-order valence-corrected chi connectivity index (χ2v) is 6.26. The van der Waals surface area contributed by atoms with Gasteiger partial charge >= 0.3 is 0 Å². The first-order chi connectivity index (χ1) is 9.72. The van der Waals surface area contributed by atoms with Crippen molar-refractivity contribution >= 4 is 17.4 Å². The first-order valence-electron chi connectivity index (χ1n) is 6.72. The molecule has 1 heterocycles. The van der Waals surface area contributed by atoms with Gasteiger partial charge in [-0.05, 0) is 31.0 Å². The lowest BCUT2D eigenvalue weighted by Gasteiger charge is -2.04. The number of aromatic nitrogens is 2. The molecule has 1 aromatic heterocycles. The molecule has 0 aliphatic heterocycles. The highest BCUT2D eigenvalue weighted by atomic mass is 32.2. The highest BCUT2D eigenvalue weighted by Crippen LogP contribution is 2.31. The Kier molecular flexibility index (Phi) is 3.91. The number of halogens is 1. The largest absolute Gasteiger partial charge is 0.396 e. The van der Waals surface area contributed by atoms with Gasteiger partial charge in [-0.15, -0.1) is 0 Å². The van der Waals surface area contributed by atoms with Crippen molar-refractivity contribution in [3.63, 3.8) is 0 Å². The Hall–Kier alpha value is -1.56. The normalized spacial score (nSPS) is 15.8. The smallest absolute Gasteiger partial charge is 0.258 e. The summed E-state index contributed by atoms with van der Waals surface area (Å²) in [4.78, 5) is 4.31. The second kappa shape index (κ2) is 5.83. The van der Waals surface area contributed by atoms with E-state index in [9.17, 15) is 4.39 Å². The van der Waals surface area contributed by atoms with E-state index in [0.717, 1.165) is 5.75 Å². The fourth-order valence-corrected chi connectivity index (χ4v) is 3.51. The van der Waals surface area contributed by atoms with Gasteiger partial charge in [-0.3, -0.25) is 0 Å². The standard InChI is InChI=1S/C14H16FN3OS/c15-11-7-9(5-6-12(11)16)14-17-13(18-19-14)8-20-10-3-1-2-4-10/h5-7,10H,1-4,8,16H2. The van der Waals surface area contributed by atoms with Crippen molar-refractivity contribution in [1.29, 1.82) is 0 Å². The van der Waals surface area contributed by atoms with Gasteiger partial charge in [0.25, 0.3) is 5.89 Å². The average molecular weight is 293 g/mol. The summed E-state index contributed by atoms with van der Waals surface area (Å²) in [6.45, 7) is 0. The fraction of sp³-hybridized carbons (Fsp3) is 0.429. The van der Waals surface area contributed by atoms with E-state index in [4.69, 9.17) is 10.3 Å². The summed E-state index contributed by atoms with van der Waals surface area (Å²) in [6.07, 6.45) is 5.19. The average Bonchev–Trinajstić information content (AvgIpc) is 3.10. The molecule has 3 rings (SSSR count). The molecule has 0 spiro atoms. The maximum atomic E-state index is 13.4. The number of nitrogens with two attached hydrogens (primary N) is 1. The SMILES string of the molecule is Nc1ccc(-c2nc(CSC3CCCC3)no2)cc1F. The minimum atomic E-state index is -0.470. The zero-order chi connectivity index (χ0) is 13.9. The minimum absolute atomic E-state index is 0.116. The summed E-state index contributed by atoms with van der Waals surface area (Å²) >= 11 is 1.87. The van der Waals surface area contributed by atoms with Crippen molar-refractivity contribution in [1.82, 2.24) is 10.1 Å². The molecule has 0 radical (unpaired) electrons. The van der Waals surface area contributed by atoms with Crippen LogP contribution >= 0.6 is 11.8 Å². The number of thioether (sulfide) groups is 1. The maximum Gasteiger partial charge on any atom is 0.258 e. The molecule has 0 atom stereocenters. The summed E-state index contributed by atoms with van der Waals surface area (Å²) in [6, 6.07) is 4.50. The van der Waals surface area contributed by atoms with E-state index in [-0.39, 0.29) is 5.69 Å². The van der Waals surface area contributed by atoms with E-state index in [2.05, 4.69) is 10.1 Å². The Morgan fingerprint density at radius 3 is 2.90 bits per heavy atom. The first kappa shape index (κ1) is 13.4. The number of hydrogen-bond donors (Lipinski definition) is 1. The van der Waals surface area contributed by atoms with E-state index in [1.807, 2.05) is 11.8 Å². The van der Waals surface area contributed by atoms with Crippen LogP contribution in [0.25, 0.3) is 11.5 Å². The zero-order valence-corrected chi connectivity index (χ0v) is 11.8. The van der Waals surface area contributed by atoms with Crippen molar-refractivity contribution < 1.29 is 8.91 Å². The van der Waals surface area contributed by atoms with Crippen molar-refractivity contribution in [3.8, 4) is 11.5 Å². The lowest BCUT2D eigenvalue weighted by atomic mass is 10.2. The van der Waals surface area contributed by atoms with Crippen molar-refractivity contribution in [3.05, 3.63) is 29.8 Å². The number of anilines is 1. The summed E-state index contributed by atoms with van der Waals surface area (Å²) in [5.74, 6) is 1.27. The molecule has 1 saturated carbocycles. The third-order valence-corrected chi connectivity index (χ3v) is 4.83. The number of nitrogens with zero attached hydrogens (tertiary/aromatic N) is 2. The van der Waals surface area contributed by atoms with Gasteiger partial charge in [0.1, 0.15) is 5.82 Å². The number of hydrogen-bond acceptors (Lipinski definition) is 5. The molecule has 2 aromatic rings. The van der Waals surface area contributed by atoms with Gasteiger partial charge in [0, 0.05) is 10.8 Å². The van der Waals surface area contributed by atoms with Crippen LogP contribution in [0.5, 0.6) is 0 Å². The molecule has 4 nitrogen and oxygen atoms in total. The van der Waals surface area contributed by atoms with E-state index in [1.165, 1.54) is 37.8 Å². The monoisotopic (exact) mass is 293 g/mol. The van der Waals surface area contributed by atoms with Crippen molar-refractivity contribution in [2.75, 3.05) is 5.73 Å². The topological polar surface area (TPSA) is 64.9 Å². The van der Waals surface area contributed by atoms with E-state index in [0.29, 0.717) is 22.5 Å². The van der Waals surface area contributed by atoms with E-state index >= 15 is 0 Å². The highest BCUT2D eigenvalue weighted by Gasteiger charge is 2.17. The number of rotatable bonds is 4. The molecular weight excluding hydrogens is 277 g/mol. The van der Waals surface area contributed by atoms with Crippen LogP contribution in [0.1, 0.15) is 31.5 Å². The Morgan fingerprint density at radius 2 is 2.15 bits per heavy atom. The van der Waals surface area contributed by atoms with Gasteiger partial charge in [-0.2, -0.15) is 16.7 Å². The maximum absolute atomic E-state index is 13.4. The molecule has 106 valence electrons. The Labute approximate surface area is 120 Å². The van der Waals surface area contributed by atoms with Crippen LogP contribution in [0, 0.1) is 5.82 Å². The van der Waals surface area contributed by atoms with Crippen LogP contribution in [0.3, 0.4) is 0 Å². The highest BCUT2D eigenvalue weighted by molar-refractivity contribution is 7.99. The molecule has 0 amide bonds. The summed E-state index contributed by atoms with van der Waals surface area (Å²) in [5.41, 5.74) is 6.12. The molecule has 0 bridgehead atoms. The summed E-state index contributed by atoms with van der Waals surface area (Å²) in [5, 5.41) is 4.66. The van der Waals surface area contributed by atoms with Gasteiger partial charge in [0.05, 0.1) is 11.4 Å². The molecule has 20 heavy (non-hydrogen) atoms. The Bertz CT molecular complexity index is 596. The van der Waals surface area contributed by atoms with E-state index < -0.39 is 5.82 Å². The van der Waals surface area contributed by atoms with Crippen LogP contribution in [0.15, 0.2) is 22.7 Å². The predicted molar refractivity (Wildman–Crippen MR) is 77.7 cm³/mol. The van der Waals surface area contributed by atoms with Crippen LogP contribution in [-0.2, 0) is 5.75 Å². The number of nitrogen functional groups attached to an aromatic ring is 1. The molecule has 1 aliphatic carbocycles. The van der Waals surface area contributed by atoms with Gasteiger partial charge in [-0.1, -0.05) is 18.0 Å². The molecule has 2 N–H and O–H groups in total. The first-order valence-corrected chi connectivity index (χ1v) is 7.77. The minimum Gasteiger partial charge on any atom is -0.396 e. The lowest BCUT2D eigenvalue weighted by Crippen LogP contribution is -1.96. The third kappa shape index (κ3) is 2.95. The molecule has 6 heteroatoms. The Balaban J connectivity index is 1.67. The summed E-state index contributed by atoms with van der Waals surface area (Å²) in [7, 11) is 0. The van der Waals surface area contributed by atoms with Crippen molar-refractivity contribution in [2.24, 2.45) is 0 Å². The molecule has 1 fully saturated rings. The molecule has 1 aromatic carbocycles. The third-order valence-electron chi connectivity index (χ3n) is 3.47. The van der Waals surface area contributed by atoms with Crippen LogP contribution in [-0.4, -0.2) is 15.4 Å². The van der Waals surface area contributed by atoms with Crippen molar-refractivity contribution in [2.45, 2.75) is 36.7 Å². The Morgan fingerprint density at radius 1 is 1.35 bits per heavy atom. The number of benzene rings is 1. The van der Waals surface area contributed by atoms with Crippen LogP contribution in [0.2, 0.25) is 0 Å². The molecule has 0 saturated heterocycles. The van der Waals surface area contributed by atoms with Gasteiger partial charge in [0.15, 0.2) is 5.82 Å². The molecule has 1 aliphatic rings. The van der Waals surface area contributed by atoms with Gasteiger partial charge in [-0.25, -0.2) is 4.39 Å². The van der Waals surface area contributed by atoms with Crippen LogP contribution in [0.4, 0.5) is 10.1 Å². The molecular formula is C14H16FN3OS. The molecule has 0 unspecified atom stereocenters. The van der Waals surface area contributed by atoms with Gasteiger partial charge in [0.2, 0.25) is 0 Å². The van der Waals surface area contributed by atoms with Crippen LogP contribution < -0.4 is 5.73 Å². The predicted octanol–water partition coefficient (Wildman–Crippen LogP) is 3.63. The fourth-order valence-electron chi connectivity index (χ4n) is 2.34. The van der Waals surface area contributed by atoms with Gasteiger partial charge < -0.3 is 10.3 Å². The lowest BCUT2D eigenvalue weighted by molar-refractivity contribution is 0.425. The second-order valence-electron chi connectivity index (χ2n) is 4.97. The summed E-state index contributed by atoms with van der Waals surface area (Å²) < 4.78 is 18.6. The quantitative estimate of drug-likeness (QED) is 0.872.